The lowest BCUT2D eigenvalue weighted by Gasteiger charge is -2.30. The first-order valence-corrected chi connectivity index (χ1v) is 6.56. The SMILES string of the molecule is O=C1COc2cc3nccc(C(F)(F)F)c3cc2N1CC(F)(F)F. The lowest BCUT2D eigenvalue weighted by Crippen LogP contribution is -2.44. The van der Waals surface area contributed by atoms with Crippen LogP contribution < -0.4 is 9.64 Å². The van der Waals surface area contributed by atoms with Crippen molar-refractivity contribution < 1.29 is 35.9 Å². The number of halogens is 6. The maximum absolute atomic E-state index is 13.1. The van der Waals surface area contributed by atoms with Gasteiger partial charge in [0.2, 0.25) is 0 Å². The molecule has 2 heterocycles. The zero-order valence-electron chi connectivity index (χ0n) is 11.7. The Morgan fingerprint density at radius 1 is 1.17 bits per heavy atom. The Hall–Kier alpha value is -2.52. The number of hydrogen-bond acceptors (Lipinski definition) is 3. The molecule has 0 saturated heterocycles. The van der Waals surface area contributed by atoms with Gasteiger partial charge in [-0.15, -0.1) is 0 Å². The number of alkyl halides is 6. The summed E-state index contributed by atoms with van der Waals surface area (Å²) in [6.07, 6.45) is -8.48. The van der Waals surface area contributed by atoms with Gasteiger partial charge in [-0.25, -0.2) is 0 Å². The molecule has 0 N–H and O–H groups in total. The predicted octanol–water partition coefficient (Wildman–Crippen LogP) is 3.54. The van der Waals surface area contributed by atoms with Gasteiger partial charge in [-0.2, -0.15) is 26.3 Å². The van der Waals surface area contributed by atoms with Crippen LogP contribution in [0.2, 0.25) is 0 Å². The summed E-state index contributed by atoms with van der Waals surface area (Å²) in [5.74, 6) is -1.12. The molecule has 1 aliphatic heterocycles. The third-order valence-corrected chi connectivity index (χ3v) is 3.41. The summed E-state index contributed by atoms with van der Waals surface area (Å²) in [4.78, 5) is 15.9. The molecule has 1 aromatic carbocycles. The summed E-state index contributed by atoms with van der Waals surface area (Å²) in [6, 6.07) is 2.66. The number of nitrogens with zero attached hydrogens (tertiary/aromatic N) is 2. The Balaban J connectivity index is 2.21. The smallest absolute Gasteiger partial charge is 0.417 e. The Kier molecular flexibility index (Phi) is 3.57. The summed E-state index contributed by atoms with van der Waals surface area (Å²) in [7, 11) is 0. The van der Waals surface area contributed by atoms with E-state index in [1.54, 1.807) is 0 Å². The molecule has 4 nitrogen and oxygen atoms in total. The summed E-state index contributed by atoms with van der Waals surface area (Å²) in [5.41, 5.74) is -1.51. The van der Waals surface area contributed by atoms with E-state index in [0.717, 1.165) is 18.3 Å². The fourth-order valence-electron chi connectivity index (χ4n) is 2.44. The Morgan fingerprint density at radius 3 is 2.50 bits per heavy atom. The second-order valence-corrected chi connectivity index (χ2v) is 5.08. The van der Waals surface area contributed by atoms with E-state index in [1.165, 1.54) is 0 Å². The molecule has 3 rings (SSSR count). The minimum Gasteiger partial charge on any atom is -0.481 e. The van der Waals surface area contributed by atoms with Crippen LogP contribution >= 0.6 is 0 Å². The number of benzene rings is 1. The standard InChI is InChI=1S/C14H8F6N2O2/c15-13(16,17)6-22-10-3-7-8(14(18,19)20)1-2-21-9(7)4-11(10)24-5-12(22)23/h1-4H,5-6H2. The van der Waals surface area contributed by atoms with Crippen molar-refractivity contribution in [1.29, 1.82) is 0 Å². The van der Waals surface area contributed by atoms with E-state index in [0.29, 0.717) is 11.0 Å². The van der Waals surface area contributed by atoms with Crippen LogP contribution in [-0.4, -0.2) is 30.2 Å². The summed E-state index contributed by atoms with van der Waals surface area (Å²) in [5, 5.41) is -0.408. The number of anilines is 1. The van der Waals surface area contributed by atoms with Gasteiger partial charge < -0.3 is 4.74 Å². The molecule has 0 aliphatic carbocycles. The highest BCUT2D eigenvalue weighted by Gasteiger charge is 2.38. The molecule has 1 aliphatic rings. The molecule has 1 amide bonds. The predicted molar refractivity (Wildman–Crippen MR) is 70.6 cm³/mol. The van der Waals surface area contributed by atoms with Crippen molar-refractivity contribution >= 4 is 22.5 Å². The zero-order valence-corrected chi connectivity index (χ0v) is 11.7. The van der Waals surface area contributed by atoms with Crippen LogP contribution in [-0.2, 0) is 11.0 Å². The van der Waals surface area contributed by atoms with Gasteiger partial charge in [0.15, 0.2) is 6.61 Å². The maximum Gasteiger partial charge on any atom is 0.417 e. The maximum atomic E-state index is 13.1. The van der Waals surface area contributed by atoms with Crippen molar-refractivity contribution in [3.05, 3.63) is 30.0 Å². The highest BCUT2D eigenvalue weighted by Crippen LogP contribution is 2.41. The zero-order chi connectivity index (χ0) is 17.7. The van der Waals surface area contributed by atoms with Gasteiger partial charge >= 0.3 is 12.4 Å². The molecule has 1 aromatic heterocycles. The number of pyridine rings is 1. The first-order valence-electron chi connectivity index (χ1n) is 6.56. The number of hydrogen-bond donors (Lipinski definition) is 0. The van der Waals surface area contributed by atoms with Gasteiger partial charge in [-0.1, -0.05) is 0 Å². The van der Waals surface area contributed by atoms with E-state index in [1.807, 2.05) is 0 Å². The van der Waals surface area contributed by atoms with Crippen molar-refractivity contribution in [2.45, 2.75) is 12.4 Å². The number of rotatable bonds is 1. The molecule has 0 unspecified atom stereocenters. The fourth-order valence-corrected chi connectivity index (χ4v) is 2.44. The first kappa shape index (κ1) is 16.3. The van der Waals surface area contributed by atoms with Crippen LogP contribution in [0.4, 0.5) is 32.0 Å². The average molecular weight is 350 g/mol. The molecule has 0 fully saturated rings. The van der Waals surface area contributed by atoms with Crippen LogP contribution in [0.25, 0.3) is 10.9 Å². The van der Waals surface area contributed by atoms with Gasteiger partial charge in [-0.05, 0) is 12.1 Å². The van der Waals surface area contributed by atoms with Crippen LogP contribution in [0, 0.1) is 0 Å². The van der Waals surface area contributed by atoms with Crippen LogP contribution in [0.3, 0.4) is 0 Å². The molecular formula is C14H8F6N2O2. The summed E-state index contributed by atoms with van der Waals surface area (Å²) < 4.78 is 82.2. The first-order chi connectivity index (χ1) is 11.1. The minimum absolute atomic E-state index is 0.0927. The molecule has 128 valence electrons. The van der Waals surface area contributed by atoms with Crippen LogP contribution in [0.1, 0.15) is 5.56 Å². The Labute approximate surface area is 130 Å². The van der Waals surface area contributed by atoms with Crippen molar-refractivity contribution in [3.8, 4) is 5.75 Å². The number of amides is 1. The third kappa shape index (κ3) is 2.95. The van der Waals surface area contributed by atoms with Crippen molar-refractivity contribution in [2.75, 3.05) is 18.1 Å². The number of ether oxygens (including phenoxy) is 1. The van der Waals surface area contributed by atoms with Crippen molar-refractivity contribution in [3.63, 3.8) is 0 Å². The quantitative estimate of drug-likeness (QED) is 0.739. The second-order valence-electron chi connectivity index (χ2n) is 5.08. The molecule has 0 spiro atoms. The molecule has 10 heteroatoms. The van der Waals surface area contributed by atoms with Gasteiger partial charge in [0.1, 0.15) is 12.3 Å². The largest absolute Gasteiger partial charge is 0.481 e. The number of carbonyl (C=O) groups is 1. The van der Waals surface area contributed by atoms with E-state index in [2.05, 4.69) is 4.98 Å². The summed E-state index contributed by atoms with van der Waals surface area (Å²) >= 11 is 0. The second kappa shape index (κ2) is 5.25. The molecular weight excluding hydrogens is 342 g/mol. The highest BCUT2D eigenvalue weighted by molar-refractivity contribution is 6.01. The monoisotopic (exact) mass is 350 g/mol. The molecule has 0 radical (unpaired) electrons. The molecule has 24 heavy (non-hydrogen) atoms. The highest BCUT2D eigenvalue weighted by atomic mass is 19.4. The Bertz CT molecular complexity index is 815. The van der Waals surface area contributed by atoms with Crippen molar-refractivity contribution in [2.24, 2.45) is 0 Å². The van der Waals surface area contributed by atoms with E-state index < -0.39 is 42.4 Å². The average Bonchev–Trinajstić information content (AvgIpc) is 2.46. The van der Waals surface area contributed by atoms with Gasteiger partial charge in [0.25, 0.3) is 5.91 Å². The lowest BCUT2D eigenvalue weighted by atomic mass is 10.1. The normalized spacial score (nSPS) is 15.4. The lowest BCUT2D eigenvalue weighted by molar-refractivity contribution is -0.136. The van der Waals surface area contributed by atoms with Gasteiger partial charge in [-0.3, -0.25) is 14.7 Å². The molecule has 0 saturated carbocycles. The number of aromatic nitrogens is 1. The van der Waals surface area contributed by atoms with Crippen LogP contribution in [0.5, 0.6) is 5.75 Å². The van der Waals surface area contributed by atoms with E-state index in [4.69, 9.17) is 4.74 Å². The third-order valence-electron chi connectivity index (χ3n) is 3.41. The Morgan fingerprint density at radius 2 is 1.88 bits per heavy atom. The molecule has 0 atom stereocenters. The molecule has 2 aromatic rings. The number of carbonyl (C=O) groups excluding carboxylic acids is 1. The van der Waals surface area contributed by atoms with Gasteiger partial charge in [0.05, 0.1) is 16.8 Å². The number of fused-ring (bicyclic) bond motifs is 2. The topological polar surface area (TPSA) is 42.4 Å². The van der Waals surface area contributed by atoms with Gasteiger partial charge in [0, 0.05) is 17.6 Å². The van der Waals surface area contributed by atoms with E-state index in [-0.39, 0.29) is 17.0 Å². The fraction of sp³-hybridized carbons (Fsp3) is 0.286. The van der Waals surface area contributed by atoms with Crippen molar-refractivity contribution in [1.82, 2.24) is 4.98 Å². The van der Waals surface area contributed by atoms with E-state index >= 15 is 0 Å². The summed E-state index contributed by atoms with van der Waals surface area (Å²) in [6.45, 7) is -2.25. The minimum atomic E-state index is -4.72. The molecule has 0 bridgehead atoms. The van der Waals surface area contributed by atoms with Crippen LogP contribution in [0.15, 0.2) is 24.4 Å². The van der Waals surface area contributed by atoms with E-state index in [9.17, 15) is 31.1 Å².